The van der Waals surface area contributed by atoms with Crippen LogP contribution in [0.25, 0.3) is 0 Å². The van der Waals surface area contributed by atoms with Crippen molar-refractivity contribution < 1.29 is 32.6 Å². The quantitative estimate of drug-likeness (QED) is 0.130. The molecule has 0 saturated carbocycles. The Morgan fingerprint density at radius 3 is 1.49 bits per heavy atom. The first-order chi connectivity index (χ1) is 18.2. The lowest BCUT2D eigenvalue weighted by atomic mass is 9.85. The molecule has 0 atom stereocenters. The summed E-state index contributed by atoms with van der Waals surface area (Å²) in [6.07, 6.45) is 0. The molecule has 0 aliphatic heterocycles. The van der Waals surface area contributed by atoms with Gasteiger partial charge in [0, 0.05) is 20.1 Å². The average molecular weight is 529 g/mol. The summed E-state index contributed by atoms with van der Waals surface area (Å²) >= 11 is 0. The number of benzene rings is 3. The van der Waals surface area contributed by atoms with Crippen molar-refractivity contribution in [2.45, 2.75) is 5.92 Å². The Balaban J connectivity index is 1.91. The zero-order chi connectivity index (χ0) is 26.2. The number of methoxy groups -OCH3 is 2. The highest BCUT2D eigenvalue weighted by Gasteiger charge is 2.33. The van der Waals surface area contributed by atoms with Crippen LogP contribution in [0.15, 0.2) is 84.9 Å². The van der Waals surface area contributed by atoms with Crippen molar-refractivity contribution in [1.29, 1.82) is 0 Å². The Labute approximate surface area is 220 Å². The van der Waals surface area contributed by atoms with Gasteiger partial charge >= 0.3 is 7.60 Å². The van der Waals surface area contributed by atoms with E-state index in [0.717, 1.165) is 16.7 Å². The van der Waals surface area contributed by atoms with Crippen LogP contribution in [0.4, 0.5) is 0 Å². The molecule has 7 nitrogen and oxygen atoms in total. The molecule has 0 unspecified atom stereocenters. The van der Waals surface area contributed by atoms with E-state index in [1.807, 2.05) is 60.7 Å². The van der Waals surface area contributed by atoms with Gasteiger partial charge in [0.15, 0.2) is 0 Å². The van der Waals surface area contributed by atoms with Gasteiger partial charge in [0.25, 0.3) is 0 Å². The Hall–Kier alpha value is -2.35. The number of ether oxygens (including phenoxy) is 4. The molecule has 0 N–H and O–H groups in total. The highest BCUT2D eigenvalue weighted by molar-refractivity contribution is 7.62. The topological polar surface area (TPSA) is 72.5 Å². The third-order valence-electron chi connectivity index (χ3n) is 5.65. The molecule has 0 amide bonds. The van der Waals surface area contributed by atoms with Crippen molar-refractivity contribution in [2.24, 2.45) is 0 Å². The SMILES string of the molecule is COCCOCCOP(=O)(OCCOCCOC)c1ccccc1C(c1ccccc1)c1ccccc1. The molecule has 8 heteroatoms. The minimum Gasteiger partial charge on any atom is -0.382 e. The van der Waals surface area contributed by atoms with Gasteiger partial charge in [-0.05, 0) is 22.8 Å². The van der Waals surface area contributed by atoms with Crippen LogP contribution in [-0.2, 0) is 32.6 Å². The van der Waals surface area contributed by atoms with Crippen molar-refractivity contribution in [1.82, 2.24) is 0 Å². The number of hydrogen-bond acceptors (Lipinski definition) is 7. The minimum absolute atomic E-state index is 0.112. The van der Waals surface area contributed by atoms with Gasteiger partial charge in [-0.1, -0.05) is 78.9 Å². The third-order valence-corrected chi connectivity index (χ3v) is 7.69. The summed E-state index contributed by atoms with van der Waals surface area (Å²) in [5, 5.41) is 0.529. The lowest BCUT2D eigenvalue weighted by molar-refractivity contribution is 0.0418. The van der Waals surface area contributed by atoms with Gasteiger partial charge in [-0.15, -0.1) is 0 Å². The van der Waals surface area contributed by atoms with Gasteiger partial charge < -0.3 is 28.0 Å². The monoisotopic (exact) mass is 528 g/mol. The van der Waals surface area contributed by atoms with E-state index in [-0.39, 0.29) is 32.3 Å². The molecule has 0 aliphatic carbocycles. The first-order valence-corrected chi connectivity index (χ1v) is 14.0. The van der Waals surface area contributed by atoms with Gasteiger partial charge in [0.1, 0.15) is 0 Å². The molecule has 37 heavy (non-hydrogen) atoms. The fourth-order valence-corrected chi connectivity index (χ4v) is 5.69. The molecule has 3 aromatic carbocycles. The Kier molecular flexibility index (Phi) is 13.0. The van der Waals surface area contributed by atoms with Crippen LogP contribution in [0.3, 0.4) is 0 Å². The van der Waals surface area contributed by atoms with E-state index in [2.05, 4.69) is 24.3 Å². The summed E-state index contributed by atoms with van der Waals surface area (Å²) in [4.78, 5) is 0. The van der Waals surface area contributed by atoms with Gasteiger partial charge in [-0.2, -0.15) is 0 Å². The molecule has 0 aromatic heterocycles. The van der Waals surface area contributed by atoms with Crippen LogP contribution in [0.5, 0.6) is 0 Å². The van der Waals surface area contributed by atoms with Crippen LogP contribution in [0, 0.1) is 0 Å². The van der Waals surface area contributed by atoms with Crippen molar-refractivity contribution in [3.05, 3.63) is 102 Å². The smallest absolute Gasteiger partial charge is 0.361 e. The van der Waals surface area contributed by atoms with E-state index in [1.54, 1.807) is 14.2 Å². The molecule has 200 valence electrons. The van der Waals surface area contributed by atoms with Crippen LogP contribution in [0.2, 0.25) is 0 Å². The Bertz CT molecular complexity index is 1000. The molecule has 0 fully saturated rings. The van der Waals surface area contributed by atoms with E-state index in [9.17, 15) is 4.57 Å². The molecule has 0 aliphatic rings. The molecule has 0 heterocycles. The normalized spacial score (nSPS) is 11.8. The molecule has 0 saturated heterocycles. The van der Waals surface area contributed by atoms with Gasteiger partial charge in [-0.3, -0.25) is 4.57 Å². The fraction of sp³-hybridized carbons (Fsp3) is 0.379. The fourth-order valence-electron chi connectivity index (χ4n) is 3.92. The molecule has 3 rings (SSSR count). The van der Waals surface area contributed by atoms with Crippen LogP contribution in [-0.4, -0.2) is 67.1 Å². The maximum absolute atomic E-state index is 14.4. The predicted octanol–water partition coefficient (Wildman–Crippen LogP) is 5.04. The second-order valence-corrected chi connectivity index (χ2v) is 10.2. The van der Waals surface area contributed by atoms with E-state index in [1.165, 1.54) is 0 Å². The van der Waals surface area contributed by atoms with Crippen molar-refractivity contribution >= 4 is 12.9 Å². The van der Waals surface area contributed by atoms with E-state index < -0.39 is 7.60 Å². The Morgan fingerprint density at radius 2 is 1.00 bits per heavy atom. The van der Waals surface area contributed by atoms with Crippen molar-refractivity contribution in [3.8, 4) is 0 Å². The first kappa shape index (κ1) is 29.2. The molecule has 0 spiro atoms. The highest BCUT2D eigenvalue weighted by Crippen LogP contribution is 2.49. The summed E-state index contributed by atoms with van der Waals surface area (Å²) < 4.78 is 47.4. The Morgan fingerprint density at radius 1 is 0.568 bits per heavy atom. The standard InChI is InChI=1S/C29H37O7P/c1-31-17-19-33-21-23-35-37(30,36-24-22-34-20-18-32-2)28-16-10-9-15-27(28)29(25-11-5-3-6-12-25)26-13-7-4-8-14-26/h3-16,29H,17-24H2,1-2H3. The molecular weight excluding hydrogens is 491 g/mol. The second kappa shape index (κ2) is 16.5. The molecule has 3 aromatic rings. The lowest BCUT2D eigenvalue weighted by Gasteiger charge is -2.26. The third kappa shape index (κ3) is 9.16. The van der Waals surface area contributed by atoms with Crippen LogP contribution in [0.1, 0.15) is 22.6 Å². The van der Waals surface area contributed by atoms with Crippen LogP contribution >= 0.6 is 7.60 Å². The largest absolute Gasteiger partial charge is 0.382 e. The zero-order valence-corrected chi connectivity index (χ0v) is 22.5. The summed E-state index contributed by atoms with van der Waals surface area (Å²) in [7, 11) is -0.509. The number of hydrogen-bond donors (Lipinski definition) is 0. The minimum atomic E-state index is -3.74. The van der Waals surface area contributed by atoms with Crippen molar-refractivity contribution in [2.75, 3.05) is 67.1 Å². The maximum atomic E-state index is 14.4. The number of rotatable bonds is 18. The van der Waals surface area contributed by atoms with Gasteiger partial charge in [0.2, 0.25) is 0 Å². The molecule has 0 bridgehead atoms. The average Bonchev–Trinajstić information content (AvgIpc) is 2.94. The zero-order valence-electron chi connectivity index (χ0n) is 21.6. The molecular formula is C29H37O7P. The van der Waals surface area contributed by atoms with Crippen molar-refractivity contribution in [3.63, 3.8) is 0 Å². The summed E-state index contributed by atoms with van der Waals surface area (Å²) in [5.41, 5.74) is 3.03. The van der Waals surface area contributed by atoms with Gasteiger partial charge in [-0.25, -0.2) is 0 Å². The molecule has 0 radical (unpaired) electrons. The first-order valence-electron chi connectivity index (χ1n) is 12.4. The van der Waals surface area contributed by atoms with E-state index >= 15 is 0 Å². The van der Waals surface area contributed by atoms with Gasteiger partial charge in [0.05, 0.1) is 58.2 Å². The maximum Gasteiger partial charge on any atom is 0.361 e. The van der Waals surface area contributed by atoms with Crippen LogP contribution < -0.4 is 5.30 Å². The second-order valence-electron chi connectivity index (χ2n) is 8.19. The highest BCUT2D eigenvalue weighted by atomic mass is 31.2. The lowest BCUT2D eigenvalue weighted by Crippen LogP contribution is -2.21. The summed E-state index contributed by atoms with van der Waals surface area (Å²) in [6, 6.07) is 27.9. The predicted molar refractivity (Wildman–Crippen MR) is 145 cm³/mol. The van der Waals surface area contributed by atoms with E-state index in [0.29, 0.717) is 31.7 Å². The summed E-state index contributed by atoms with van der Waals surface area (Å²) in [6.45, 7) is 2.58. The van der Waals surface area contributed by atoms with E-state index in [4.69, 9.17) is 28.0 Å². The summed E-state index contributed by atoms with van der Waals surface area (Å²) in [5.74, 6) is -0.157.